The van der Waals surface area contributed by atoms with Crippen molar-refractivity contribution in [2.75, 3.05) is 29.9 Å². The largest absolute Gasteiger partial charge is 0.394 e. The first-order chi connectivity index (χ1) is 10.4. The summed E-state index contributed by atoms with van der Waals surface area (Å²) in [5.41, 5.74) is 1.01. The van der Waals surface area contributed by atoms with E-state index in [0.717, 1.165) is 31.6 Å². The molecule has 0 spiro atoms. The predicted octanol–water partition coefficient (Wildman–Crippen LogP) is 3.22. The third-order valence-electron chi connectivity index (χ3n) is 3.75. The lowest BCUT2D eigenvalue weighted by molar-refractivity contribution is 0.187. The lowest BCUT2D eigenvalue weighted by atomic mass is 10.1. The monoisotopic (exact) mass is 325 g/mol. The average molecular weight is 326 g/mol. The molecule has 6 heteroatoms. The molecule has 0 aliphatic carbocycles. The fraction of sp³-hybridized carbons (Fsp3) is 0.562. The second-order valence-corrected chi connectivity index (χ2v) is 6.77. The van der Waals surface area contributed by atoms with Gasteiger partial charge in [0, 0.05) is 18.1 Å². The molecule has 1 fully saturated rings. The summed E-state index contributed by atoms with van der Waals surface area (Å²) in [6, 6.07) is 5.20. The van der Waals surface area contributed by atoms with Gasteiger partial charge in [0.1, 0.15) is 0 Å². The minimum absolute atomic E-state index is 0.130. The zero-order chi connectivity index (χ0) is 16.2. The van der Waals surface area contributed by atoms with Crippen molar-refractivity contribution in [2.24, 2.45) is 0 Å². The van der Waals surface area contributed by atoms with Crippen LogP contribution in [0.15, 0.2) is 18.2 Å². The van der Waals surface area contributed by atoms with Gasteiger partial charge in [-0.1, -0.05) is 11.6 Å². The molecule has 5 nitrogen and oxygen atoms in total. The minimum atomic E-state index is -0.673. The first-order valence-corrected chi connectivity index (χ1v) is 8.03. The van der Waals surface area contributed by atoms with Crippen molar-refractivity contribution in [3.8, 4) is 0 Å². The van der Waals surface area contributed by atoms with Gasteiger partial charge in [-0.25, -0.2) is 4.79 Å². The number of nitrogens with zero attached hydrogens (tertiary/aromatic N) is 1. The van der Waals surface area contributed by atoms with Crippen LogP contribution in [0.25, 0.3) is 0 Å². The van der Waals surface area contributed by atoms with E-state index in [4.69, 9.17) is 11.6 Å². The highest BCUT2D eigenvalue weighted by molar-refractivity contribution is 6.31. The molecular weight excluding hydrogens is 302 g/mol. The van der Waals surface area contributed by atoms with Gasteiger partial charge in [0.05, 0.1) is 23.5 Å². The number of hydrogen-bond donors (Lipinski definition) is 3. The number of carbonyl (C=O) groups is 1. The Morgan fingerprint density at radius 2 is 2.00 bits per heavy atom. The minimum Gasteiger partial charge on any atom is -0.394 e. The molecule has 2 rings (SSSR count). The van der Waals surface area contributed by atoms with Gasteiger partial charge < -0.3 is 20.6 Å². The molecule has 122 valence electrons. The van der Waals surface area contributed by atoms with Gasteiger partial charge in [-0.3, -0.25) is 0 Å². The van der Waals surface area contributed by atoms with Crippen LogP contribution < -0.4 is 15.5 Å². The molecule has 2 amide bonds. The number of carbonyl (C=O) groups excluding carboxylic acids is 1. The highest BCUT2D eigenvalue weighted by atomic mass is 35.5. The Morgan fingerprint density at radius 1 is 1.32 bits per heavy atom. The number of halogens is 1. The maximum absolute atomic E-state index is 12.1. The van der Waals surface area contributed by atoms with Crippen LogP contribution in [0.1, 0.15) is 33.1 Å². The van der Waals surface area contributed by atoms with E-state index in [1.165, 1.54) is 6.42 Å². The summed E-state index contributed by atoms with van der Waals surface area (Å²) in [7, 11) is 0. The quantitative estimate of drug-likeness (QED) is 0.796. The van der Waals surface area contributed by atoms with E-state index in [2.05, 4.69) is 15.5 Å². The number of aliphatic hydroxyl groups excluding tert-OH is 1. The zero-order valence-electron chi connectivity index (χ0n) is 13.2. The third-order valence-corrected chi connectivity index (χ3v) is 3.99. The van der Waals surface area contributed by atoms with Crippen molar-refractivity contribution in [3.63, 3.8) is 0 Å². The first-order valence-electron chi connectivity index (χ1n) is 7.66. The topological polar surface area (TPSA) is 64.6 Å². The van der Waals surface area contributed by atoms with Crippen LogP contribution in [0.5, 0.6) is 0 Å². The van der Waals surface area contributed by atoms with Crippen molar-refractivity contribution in [3.05, 3.63) is 23.2 Å². The summed E-state index contributed by atoms with van der Waals surface area (Å²) < 4.78 is 0. The molecule has 1 heterocycles. The van der Waals surface area contributed by atoms with E-state index in [1.807, 2.05) is 12.1 Å². The van der Waals surface area contributed by atoms with Crippen LogP contribution in [0.3, 0.4) is 0 Å². The van der Waals surface area contributed by atoms with E-state index in [9.17, 15) is 9.90 Å². The Morgan fingerprint density at radius 3 is 2.64 bits per heavy atom. The lowest BCUT2D eigenvalue weighted by Crippen LogP contribution is -2.48. The van der Waals surface area contributed by atoms with Gasteiger partial charge in [0.15, 0.2) is 0 Å². The zero-order valence-corrected chi connectivity index (χ0v) is 13.9. The molecule has 1 aromatic rings. The number of amides is 2. The van der Waals surface area contributed by atoms with Crippen LogP contribution in [-0.2, 0) is 0 Å². The van der Waals surface area contributed by atoms with Gasteiger partial charge in [0.2, 0.25) is 0 Å². The Hall–Kier alpha value is -1.46. The summed E-state index contributed by atoms with van der Waals surface area (Å²) in [6.07, 6.45) is 3.57. The number of rotatable bonds is 4. The lowest BCUT2D eigenvalue weighted by Gasteiger charge is -2.31. The third kappa shape index (κ3) is 4.52. The fourth-order valence-electron chi connectivity index (χ4n) is 2.52. The Bertz CT molecular complexity index is 528. The van der Waals surface area contributed by atoms with Gasteiger partial charge in [-0.05, 0) is 51.3 Å². The van der Waals surface area contributed by atoms with E-state index >= 15 is 0 Å². The second-order valence-electron chi connectivity index (χ2n) is 6.33. The van der Waals surface area contributed by atoms with Crippen molar-refractivity contribution in [1.29, 1.82) is 0 Å². The normalized spacial score (nSPS) is 15.5. The number of aliphatic hydroxyl groups is 1. The average Bonchev–Trinajstić information content (AvgIpc) is 2.47. The SMILES string of the molecule is CC(C)(CO)NC(=O)Nc1cc(Cl)ccc1N1CCCCC1. The number of urea groups is 1. The highest BCUT2D eigenvalue weighted by Gasteiger charge is 2.21. The first kappa shape index (κ1) is 16.9. The smallest absolute Gasteiger partial charge is 0.319 e. The molecule has 1 aliphatic rings. The summed E-state index contributed by atoms with van der Waals surface area (Å²) in [4.78, 5) is 14.4. The maximum Gasteiger partial charge on any atom is 0.319 e. The summed E-state index contributed by atoms with van der Waals surface area (Å²) >= 11 is 6.07. The molecule has 0 atom stereocenters. The molecule has 1 saturated heterocycles. The summed E-state index contributed by atoms with van der Waals surface area (Å²) in [5, 5.41) is 15.4. The van der Waals surface area contributed by atoms with Crippen molar-refractivity contribution < 1.29 is 9.90 Å². The summed E-state index contributed by atoms with van der Waals surface area (Å²) in [5.74, 6) is 0. The van der Waals surface area contributed by atoms with E-state index < -0.39 is 5.54 Å². The van der Waals surface area contributed by atoms with Crippen molar-refractivity contribution in [1.82, 2.24) is 5.32 Å². The molecule has 1 aliphatic heterocycles. The molecule has 0 unspecified atom stereocenters. The van der Waals surface area contributed by atoms with Crippen LogP contribution in [-0.4, -0.2) is 36.4 Å². The van der Waals surface area contributed by atoms with Crippen molar-refractivity contribution >= 4 is 29.0 Å². The number of piperidine rings is 1. The number of benzene rings is 1. The van der Waals surface area contributed by atoms with Crippen LogP contribution in [0.4, 0.5) is 16.2 Å². The van der Waals surface area contributed by atoms with Gasteiger partial charge in [0.25, 0.3) is 0 Å². The predicted molar refractivity (Wildman–Crippen MR) is 90.8 cm³/mol. The molecule has 1 aromatic carbocycles. The van der Waals surface area contributed by atoms with Gasteiger partial charge in [-0.15, -0.1) is 0 Å². The number of nitrogens with one attached hydrogen (secondary N) is 2. The molecule has 0 saturated carbocycles. The molecule has 0 radical (unpaired) electrons. The fourth-order valence-corrected chi connectivity index (χ4v) is 2.69. The number of hydrogen-bond acceptors (Lipinski definition) is 3. The number of anilines is 2. The Kier molecular flexibility index (Phi) is 5.53. The Balaban J connectivity index is 2.15. The molecule has 3 N–H and O–H groups in total. The van der Waals surface area contributed by atoms with E-state index in [-0.39, 0.29) is 12.6 Å². The van der Waals surface area contributed by atoms with Crippen LogP contribution >= 0.6 is 11.6 Å². The summed E-state index contributed by atoms with van der Waals surface area (Å²) in [6.45, 7) is 5.36. The van der Waals surface area contributed by atoms with Crippen LogP contribution in [0, 0.1) is 0 Å². The van der Waals surface area contributed by atoms with E-state index in [1.54, 1.807) is 19.9 Å². The standard InChI is InChI=1S/C16H24ClN3O2/c1-16(2,11-21)19-15(22)18-13-10-12(17)6-7-14(13)20-8-4-3-5-9-20/h6-7,10,21H,3-5,8-9,11H2,1-2H3,(H2,18,19,22). The molecule has 22 heavy (non-hydrogen) atoms. The van der Waals surface area contributed by atoms with Gasteiger partial charge >= 0.3 is 6.03 Å². The molecular formula is C16H24ClN3O2. The Labute approximate surface area is 136 Å². The molecule has 0 bridgehead atoms. The highest BCUT2D eigenvalue weighted by Crippen LogP contribution is 2.31. The second kappa shape index (κ2) is 7.20. The van der Waals surface area contributed by atoms with Gasteiger partial charge in [-0.2, -0.15) is 0 Å². The van der Waals surface area contributed by atoms with Crippen LogP contribution in [0.2, 0.25) is 5.02 Å². The molecule has 0 aromatic heterocycles. The van der Waals surface area contributed by atoms with E-state index in [0.29, 0.717) is 10.7 Å². The van der Waals surface area contributed by atoms with Crippen molar-refractivity contribution in [2.45, 2.75) is 38.6 Å². The maximum atomic E-state index is 12.1.